The second-order valence-corrected chi connectivity index (χ2v) is 7.53. The largest absolute Gasteiger partial charge is 0.616 e. The molecule has 140 valence electrons. The van der Waals surface area contributed by atoms with Gasteiger partial charge in [0.15, 0.2) is 11.6 Å². The summed E-state index contributed by atoms with van der Waals surface area (Å²) in [5.41, 5.74) is 1.93. The van der Waals surface area contributed by atoms with Crippen LogP contribution in [0.4, 0.5) is 8.78 Å². The highest BCUT2D eigenvalue weighted by Gasteiger charge is 2.14. The highest BCUT2D eigenvalue weighted by molar-refractivity contribution is 7.89. The van der Waals surface area contributed by atoms with Crippen LogP contribution in [-0.4, -0.2) is 15.4 Å². The number of nitrogens with zero attached hydrogens (tertiary/aromatic N) is 1. The zero-order valence-corrected chi connectivity index (χ0v) is 15.6. The van der Waals surface area contributed by atoms with Crippen molar-refractivity contribution < 1.29 is 18.1 Å². The summed E-state index contributed by atoms with van der Waals surface area (Å²) in [6.07, 6.45) is 3.24. The molecule has 1 aromatic heterocycles. The first-order valence-corrected chi connectivity index (χ1v) is 9.79. The van der Waals surface area contributed by atoms with E-state index in [1.165, 1.54) is 16.7 Å². The molecule has 0 aliphatic rings. The molecule has 0 saturated heterocycles. The summed E-state index contributed by atoms with van der Waals surface area (Å²) in [6, 6.07) is 11.3. The van der Waals surface area contributed by atoms with Crippen molar-refractivity contribution >= 4 is 11.2 Å². The van der Waals surface area contributed by atoms with Gasteiger partial charge in [0, 0.05) is 42.1 Å². The van der Waals surface area contributed by atoms with E-state index in [1.54, 1.807) is 43.8 Å². The standard InChI is InChI=1S/C20H17F2NO3S/c1-23-11-14(4-8-20(23)24)16-9-13(12-27(2)25)3-6-18(16)26-19-7-5-15(21)10-17(19)22/h3-11H,12H2,1-2H3. The molecule has 3 aromatic rings. The molecule has 1 unspecified atom stereocenters. The average Bonchev–Trinajstić information content (AvgIpc) is 2.60. The summed E-state index contributed by atoms with van der Waals surface area (Å²) in [4.78, 5) is 11.7. The molecule has 27 heavy (non-hydrogen) atoms. The van der Waals surface area contributed by atoms with Gasteiger partial charge < -0.3 is 13.9 Å². The Balaban J connectivity index is 2.08. The molecule has 0 spiro atoms. The van der Waals surface area contributed by atoms with Crippen LogP contribution in [0.1, 0.15) is 5.56 Å². The highest BCUT2D eigenvalue weighted by atomic mass is 32.2. The van der Waals surface area contributed by atoms with Crippen LogP contribution in [-0.2, 0) is 24.0 Å². The minimum absolute atomic E-state index is 0.116. The highest BCUT2D eigenvalue weighted by Crippen LogP contribution is 2.35. The van der Waals surface area contributed by atoms with Gasteiger partial charge in [-0.15, -0.1) is 0 Å². The van der Waals surface area contributed by atoms with E-state index in [0.29, 0.717) is 22.6 Å². The summed E-state index contributed by atoms with van der Waals surface area (Å²) in [6.45, 7) is 0. The number of halogens is 2. The summed E-state index contributed by atoms with van der Waals surface area (Å²) < 4.78 is 45.8. The maximum Gasteiger partial charge on any atom is 0.250 e. The molecule has 0 radical (unpaired) electrons. The van der Waals surface area contributed by atoms with Gasteiger partial charge in [0.25, 0.3) is 0 Å². The van der Waals surface area contributed by atoms with E-state index >= 15 is 0 Å². The van der Waals surface area contributed by atoms with E-state index in [9.17, 15) is 18.1 Å². The van der Waals surface area contributed by atoms with Gasteiger partial charge in [0.05, 0.1) is 6.26 Å². The Bertz CT molecular complexity index is 1030. The fourth-order valence-corrected chi connectivity index (χ4v) is 3.29. The van der Waals surface area contributed by atoms with Crippen LogP contribution in [0, 0.1) is 11.6 Å². The lowest BCUT2D eigenvalue weighted by atomic mass is 10.0. The van der Waals surface area contributed by atoms with E-state index in [4.69, 9.17) is 4.74 Å². The number of aromatic nitrogens is 1. The molecular formula is C20H17F2NO3S. The molecule has 2 aromatic carbocycles. The zero-order chi connectivity index (χ0) is 19.6. The Labute approximate surface area is 158 Å². The van der Waals surface area contributed by atoms with Crippen LogP contribution >= 0.6 is 0 Å². The molecule has 0 fully saturated rings. The number of ether oxygens (including phenoxy) is 1. The molecule has 0 aliphatic carbocycles. The second-order valence-electron chi connectivity index (χ2n) is 6.09. The third-order valence-electron chi connectivity index (χ3n) is 3.92. The molecule has 4 nitrogen and oxygen atoms in total. The van der Waals surface area contributed by atoms with Crippen LogP contribution in [0.15, 0.2) is 59.5 Å². The third-order valence-corrected chi connectivity index (χ3v) is 4.66. The lowest BCUT2D eigenvalue weighted by molar-refractivity contribution is 0.439. The van der Waals surface area contributed by atoms with Gasteiger partial charge in [-0.2, -0.15) is 0 Å². The fourth-order valence-electron chi connectivity index (χ4n) is 2.65. The van der Waals surface area contributed by atoms with Crippen molar-refractivity contribution in [2.24, 2.45) is 7.05 Å². The van der Waals surface area contributed by atoms with Crippen molar-refractivity contribution in [3.63, 3.8) is 0 Å². The van der Waals surface area contributed by atoms with Crippen LogP contribution in [0.5, 0.6) is 11.5 Å². The number of hydrogen-bond acceptors (Lipinski definition) is 3. The van der Waals surface area contributed by atoms with Crippen molar-refractivity contribution in [1.82, 2.24) is 4.57 Å². The third kappa shape index (κ3) is 4.56. The Hall–Kier alpha value is -2.64. The molecule has 0 N–H and O–H groups in total. The lowest BCUT2D eigenvalue weighted by Gasteiger charge is -2.15. The summed E-state index contributed by atoms with van der Waals surface area (Å²) in [7, 11) is 1.62. The molecule has 1 heterocycles. The Morgan fingerprint density at radius 2 is 1.81 bits per heavy atom. The topological polar surface area (TPSA) is 54.3 Å². The predicted octanol–water partition coefficient (Wildman–Crippen LogP) is 4.00. The number of pyridine rings is 1. The maximum absolute atomic E-state index is 14.0. The molecule has 0 aliphatic heterocycles. The Kier molecular flexibility index (Phi) is 5.62. The lowest BCUT2D eigenvalue weighted by Crippen LogP contribution is -2.14. The normalized spacial score (nSPS) is 12.0. The molecule has 0 bridgehead atoms. The summed E-state index contributed by atoms with van der Waals surface area (Å²) in [5, 5.41) is 0. The van der Waals surface area contributed by atoms with E-state index < -0.39 is 22.8 Å². The van der Waals surface area contributed by atoms with Crippen molar-refractivity contribution in [1.29, 1.82) is 0 Å². The Morgan fingerprint density at radius 1 is 1.07 bits per heavy atom. The van der Waals surface area contributed by atoms with Crippen LogP contribution in [0.3, 0.4) is 0 Å². The van der Waals surface area contributed by atoms with Gasteiger partial charge in [-0.1, -0.05) is 17.2 Å². The quantitative estimate of drug-likeness (QED) is 0.620. The first kappa shape index (κ1) is 19.1. The van der Waals surface area contributed by atoms with Gasteiger partial charge in [-0.3, -0.25) is 4.79 Å². The van der Waals surface area contributed by atoms with Crippen LogP contribution in [0.25, 0.3) is 11.1 Å². The van der Waals surface area contributed by atoms with E-state index in [1.807, 2.05) is 0 Å². The number of rotatable bonds is 5. The molecule has 3 rings (SSSR count). The Morgan fingerprint density at radius 3 is 2.48 bits per heavy atom. The second kappa shape index (κ2) is 7.94. The van der Waals surface area contributed by atoms with Crippen molar-refractivity contribution in [2.45, 2.75) is 5.75 Å². The van der Waals surface area contributed by atoms with Gasteiger partial charge in [-0.05, 0) is 30.3 Å². The first-order chi connectivity index (χ1) is 12.8. The molecular weight excluding hydrogens is 372 g/mol. The molecule has 0 amide bonds. The fraction of sp³-hybridized carbons (Fsp3) is 0.150. The smallest absolute Gasteiger partial charge is 0.250 e. The van der Waals surface area contributed by atoms with Gasteiger partial charge in [0.2, 0.25) is 5.56 Å². The molecule has 0 saturated carbocycles. The summed E-state index contributed by atoms with van der Waals surface area (Å²) >= 11 is -1.04. The van der Waals surface area contributed by atoms with Crippen molar-refractivity contribution in [3.05, 3.63) is 82.3 Å². The van der Waals surface area contributed by atoms with Crippen molar-refractivity contribution in [3.8, 4) is 22.6 Å². The minimum atomic E-state index is -1.04. The summed E-state index contributed by atoms with van der Waals surface area (Å²) in [5.74, 6) is -0.942. The average molecular weight is 389 g/mol. The zero-order valence-electron chi connectivity index (χ0n) is 14.7. The predicted molar refractivity (Wildman–Crippen MR) is 101 cm³/mol. The van der Waals surface area contributed by atoms with Gasteiger partial charge in [0.1, 0.15) is 17.3 Å². The monoisotopic (exact) mass is 389 g/mol. The van der Waals surface area contributed by atoms with E-state index in [0.717, 1.165) is 17.7 Å². The van der Waals surface area contributed by atoms with E-state index in [-0.39, 0.29) is 11.3 Å². The van der Waals surface area contributed by atoms with Crippen LogP contribution < -0.4 is 10.3 Å². The maximum atomic E-state index is 14.0. The first-order valence-electron chi connectivity index (χ1n) is 8.06. The van der Waals surface area contributed by atoms with Gasteiger partial charge in [-0.25, -0.2) is 8.78 Å². The number of hydrogen-bond donors (Lipinski definition) is 0. The SMILES string of the molecule is Cn1cc(-c2cc(C[S+](C)[O-])ccc2Oc2ccc(F)cc2F)ccc1=O. The number of aryl methyl sites for hydroxylation is 1. The van der Waals surface area contributed by atoms with E-state index in [2.05, 4.69) is 0 Å². The van der Waals surface area contributed by atoms with Crippen LogP contribution in [0.2, 0.25) is 0 Å². The van der Waals surface area contributed by atoms with Crippen molar-refractivity contribution in [2.75, 3.05) is 6.26 Å². The molecule has 7 heteroatoms. The minimum Gasteiger partial charge on any atom is -0.616 e. The molecule has 1 atom stereocenters. The van der Waals surface area contributed by atoms with Gasteiger partial charge >= 0.3 is 0 Å². The number of benzene rings is 2.